The summed E-state index contributed by atoms with van der Waals surface area (Å²) in [5.74, 6) is 0.746. The van der Waals surface area contributed by atoms with Gasteiger partial charge in [-0.1, -0.05) is 73.6 Å². The van der Waals surface area contributed by atoms with E-state index in [1.165, 1.54) is 6.33 Å². The molecule has 0 bridgehead atoms. The summed E-state index contributed by atoms with van der Waals surface area (Å²) in [6, 6.07) is 24.2. The average molecular weight is 623 g/mol. The highest BCUT2D eigenvalue weighted by Gasteiger charge is 2.38. The third-order valence-corrected chi connectivity index (χ3v) is 7.53. The molecule has 3 aromatic carbocycles. The Hall–Kier alpha value is -5.65. The van der Waals surface area contributed by atoms with Gasteiger partial charge in [-0.15, -0.1) is 0 Å². The number of amides is 1. The summed E-state index contributed by atoms with van der Waals surface area (Å²) in [5.41, 5.74) is 10.7. The number of aromatic nitrogens is 4. The van der Waals surface area contributed by atoms with E-state index in [-0.39, 0.29) is 42.1 Å². The summed E-state index contributed by atoms with van der Waals surface area (Å²) in [4.78, 5) is 39.3. The molecule has 46 heavy (non-hydrogen) atoms. The molecular weight excluding hydrogens is 588 g/mol. The third kappa shape index (κ3) is 6.55. The lowest BCUT2D eigenvalue weighted by Gasteiger charge is -2.37. The number of benzene rings is 3. The van der Waals surface area contributed by atoms with Gasteiger partial charge in [-0.05, 0) is 46.5 Å². The molecule has 1 atom stereocenters. The Morgan fingerprint density at radius 3 is 2.11 bits per heavy atom. The van der Waals surface area contributed by atoms with Gasteiger partial charge < -0.3 is 18.8 Å². The van der Waals surface area contributed by atoms with Crippen molar-refractivity contribution < 1.29 is 19.0 Å². The van der Waals surface area contributed by atoms with Crippen LogP contribution >= 0.6 is 0 Å². The molecule has 0 spiro atoms. The molecule has 1 amide bonds. The van der Waals surface area contributed by atoms with Crippen LogP contribution in [0.2, 0.25) is 0 Å². The monoisotopic (exact) mass is 622 g/mol. The van der Waals surface area contributed by atoms with Gasteiger partial charge in [0.2, 0.25) is 11.9 Å². The van der Waals surface area contributed by atoms with Gasteiger partial charge in [0.1, 0.15) is 17.1 Å². The van der Waals surface area contributed by atoms with Crippen LogP contribution < -0.4 is 20.3 Å². The zero-order valence-electron chi connectivity index (χ0n) is 25.9. The van der Waals surface area contributed by atoms with E-state index < -0.39 is 17.2 Å². The number of hydrogen-bond donors (Lipinski definition) is 2. The fourth-order valence-electron chi connectivity index (χ4n) is 5.13. The lowest BCUT2D eigenvalue weighted by atomic mass is 9.80. The number of nitrogens with one attached hydrogen (secondary N) is 2. The van der Waals surface area contributed by atoms with Crippen molar-refractivity contribution in [2.24, 2.45) is 11.0 Å². The number of fused-ring (bicyclic) bond motifs is 1. The predicted molar refractivity (Wildman–Crippen MR) is 173 cm³/mol. The quantitative estimate of drug-likeness (QED) is 0.0764. The van der Waals surface area contributed by atoms with Gasteiger partial charge in [-0.3, -0.25) is 19.9 Å². The molecule has 0 aliphatic rings. The molecule has 13 nitrogen and oxygen atoms in total. The Bertz CT molecular complexity index is 1850. The van der Waals surface area contributed by atoms with Gasteiger partial charge in [-0.25, -0.2) is 4.98 Å². The maximum absolute atomic E-state index is 12.7. The molecule has 0 fully saturated rings. The summed E-state index contributed by atoms with van der Waals surface area (Å²) in [6.45, 7) is 3.52. The molecule has 0 aliphatic carbocycles. The molecule has 5 aromatic rings. The first-order valence-corrected chi connectivity index (χ1v) is 14.6. The van der Waals surface area contributed by atoms with Crippen molar-refractivity contribution >= 4 is 23.0 Å². The largest absolute Gasteiger partial charge is 0.497 e. The molecule has 2 aromatic heterocycles. The number of rotatable bonds is 13. The second-order valence-electron chi connectivity index (χ2n) is 10.8. The zero-order valence-corrected chi connectivity index (χ0v) is 25.9. The average Bonchev–Trinajstić information content (AvgIpc) is 3.48. The minimum atomic E-state index is -1.14. The van der Waals surface area contributed by atoms with Crippen LogP contribution in [0.3, 0.4) is 0 Å². The minimum absolute atomic E-state index is 0.00311. The number of imidazole rings is 1. The van der Waals surface area contributed by atoms with Crippen molar-refractivity contribution in [3.8, 4) is 11.5 Å². The Kier molecular flexibility index (Phi) is 9.65. The maximum atomic E-state index is 12.7. The van der Waals surface area contributed by atoms with Gasteiger partial charge in [-0.2, -0.15) is 4.98 Å². The Labute approximate surface area is 264 Å². The number of carbonyl (C=O) groups is 1. The Morgan fingerprint density at radius 1 is 0.978 bits per heavy atom. The number of anilines is 1. The van der Waals surface area contributed by atoms with Crippen molar-refractivity contribution in [2.45, 2.75) is 32.0 Å². The smallest absolute Gasteiger partial charge is 0.280 e. The van der Waals surface area contributed by atoms with E-state index in [1.54, 1.807) is 32.6 Å². The number of hydrogen-bond acceptors (Lipinski definition) is 8. The summed E-state index contributed by atoms with van der Waals surface area (Å²) in [5, 5.41) is 6.66. The van der Waals surface area contributed by atoms with E-state index in [4.69, 9.17) is 14.2 Å². The minimum Gasteiger partial charge on any atom is -0.497 e. The first-order chi connectivity index (χ1) is 22.3. The van der Waals surface area contributed by atoms with Crippen molar-refractivity contribution in [3.63, 3.8) is 0 Å². The van der Waals surface area contributed by atoms with E-state index in [1.807, 2.05) is 78.9 Å². The van der Waals surface area contributed by atoms with Crippen molar-refractivity contribution in [2.75, 3.05) is 26.1 Å². The molecule has 0 saturated carbocycles. The van der Waals surface area contributed by atoms with Crippen molar-refractivity contribution in [1.29, 1.82) is 0 Å². The molecule has 2 N–H and O–H groups in total. The van der Waals surface area contributed by atoms with Crippen LogP contribution in [-0.2, 0) is 21.7 Å². The van der Waals surface area contributed by atoms with Crippen LogP contribution in [-0.4, -0.2) is 52.3 Å². The summed E-state index contributed by atoms with van der Waals surface area (Å²) in [6.07, 6.45) is 1.44. The summed E-state index contributed by atoms with van der Waals surface area (Å²) < 4.78 is 19.4. The zero-order chi connectivity index (χ0) is 32.7. The van der Waals surface area contributed by atoms with Crippen LogP contribution in [0.1, 0.15) is 30.5 Å². The van der Waals surface area contributed by atoms with E-state index in [9.17, 15) is 15.1 Å². The normalized spacial score (nSPS) is 12.0. The molecule has 13 heteroatoms. The number of azide groups is 1. The number of carbonyl (C=O) groups excluding carboxylic acids is 1. The number of aromatic amines is 1. The topological polar surface area (TPSA) is 169 Å². The highest BCUT2D eigenvalue weighted by molar-refractivity contribution is 5.91. The van der Waals surface area contributed by atoms with Crippen LogP contribution in [0, 0.1) is 5.92 Å². The highest BCUT2D eigenvalue weighted by atomic mass is 16.5. The second kappa shape index (κ2) is 14.0. The Morgan fingerprint density at radius 2 is 1.57 bits per heavy atom. The van der Waals surface area contributed by atoms with Crippen LogP contribution in [0.25, 0.3) is 21.6 Å². The first kappa shape index (κ1) is 31.8. The molecule has 5 rings (SSSR count). The SMILES string of the molecule is COc1ccc(C(OC[C@H](Cn2cnc3c(=O)[nH]c(NC(=O)C(C)C)nc32)N=[N+]=[N-])(c2ccccc2)c2ccc(OC)cc2)cc1. The van der Waals surface area contributed by atoms with Gasteiger partial charge in [0, 0.05) is 17.4 Å². The van der Waals surface area contributed by atoms with Crippen LogP contribution in [0.15, 0.2) is 95.1 Å². The summed E-state index contributed by atoms with van der Waals surface area (Å²) >= 11 is 0. The third-order valence-electron chi connectivity index (χ3n) is 7.53. The first-order valence-electron chi connectivity index (χ1n) is 14.6. The Balaban J connectivity index is 1.55. The van der Waals surface area contributed by atoms with Crippen molar-refractivity contribution in [1.82, 2.24) is 19.5 Å². The standard InChI is InChI=1S/C33H34N8O5/c1-21(2)30(42)37-32-36-29-28(31(43)38-32)35-20-41(29)18-25(39-40-34)19-46-33(22-8-6-5-7-9-22,23-10-14-26(44-3)15-11-23)24-12-16-27(45-4)17-13-24/h5-17,20-21,25H,18-19H2,1-4H3,(H2,36,37,38,42,43)/t25-/m0/s1. The maximum Gasteiger partial charge on any atom is 0.280 e. The van der Waals surface area contributed by atoms with Crippen LogP contribution in [0.4, 0.5) is 5.95 Å². The molecular formula is C33H34N8O5. The van der Waals surface area contributed by atoms with E-state index in [0.717, 1.165) is 16.7 Å². The molecule has 0 saturated heterocycles. The molecule has 0 unspecified atom stereocenters. The molecule has 0 aliphatic heterocycles. The highest BCUT2D eigenvalue weighted by Crippen LogP contribution is 2.42. The number of ether oxygens (including phenoxy) is 3. The van der Waals surface area contributed by atoms with E-state index in [2.05, 4.69) is 30.3 Å². The fourth-order valence-corrected chi connectivity index (χ4v) is 5.13. The lowest BCUT2D eigenvalue weighted by molar-refractivity contribution is -0.118. The molecule has 2 heterocycles. The van der Waals surface area contributed by atoms with Gasteiger partial charge in [0.05, 0.1) is 33.2 Å². The number of methoxy groups -OCH3 is 2. The second-order valence-corrected chi connectivity index (χ2v) is 10.8. The molecule has 236 valence electrons. The van der Waals surface area contributed by atoms with Crippen LogP contribution in [0.5, 0.6) is 11.5 Å². The van der Waals surface area contributed by atoms with Gasteiger partial charge in [0.25, 0.3) is 5.56 Å². The summed E-state index contributed by atoms with van der Waals surface area (Å²) in [7, 11) is 3.21. The van der Waals surface area contributed by atoms with Gasteiger partial charge >= 0.3 is 0 Å². The van der Waals surface area contributed by atoms with E-state index in [0.29, 0.717) is 11.5 Å². The predicted octanol–water partition coefficient (Wildman–Crippen LogP) is 5.42. The van der Waals surface area contributed by atoms with E-state index >= 15 is 0 Å². The number of H-pyrrole nitrogens is 1. The van der Waals surface area contributed by atoms with Gasteiger partial charge in [0.15, 0.2) is 11.2 Å². The number of nitrogens with zero attached hydrogens (tertiary/aromatic N) is 6. The lowest BCUT2D eigenvalue weighted by Crippen LogP contribution is -2.36. The fraction of sp³-hybridized carbons (Fsp3) is 0.273. The van der Waals surface area contributed by atoms with Crippen molar-refractivity contribution in [3.05, 3.63) is 123 Å². The molecule has 0 radical (unpaired) electrons.